The van der Waals surface area contributed by atoms with Crippen molar-refractivity contribution in [3.05, 3.63) is 29.3 Å². The molecule has 1 aromatic rings. The minimum absolute atomic E-state index is 0.147. The molecule has 0 amide bonds. The number of carbonyl (C=O) groups excluding carboxylic acids is 1. The monoisotopic (exact) mass is 220 g/mol. The number of ether oxygens (including phenoxy) is 1. The lowest BCUT2D eigenvalue weighted by molar-refractivity contribution is 0.0858. The van der Waals surface area contributed by atoms with Gasteiger partial charge < -0.3 is 4.74 Å². The number of rotatable bonds is 3. The molecule has 0 saturated heterocycles. The molecule has 0 unspecified atom stereocenters. The third kappa shape index (κ3) is 2.63. The van der Waals surface area contributed by atoms with E-state index in [0.717, 1.165) is 23.3 Å². The molecule has 0 radical (unpaired) electrons. The van der Waals surface area contributed by atoms with Crippen molar-refractivity contribution in [3.8, 4) is 5.75 Å². The molecular formula is C14H20O2. The van der Waals surface area contributed by atoms with Crippen LogP contribution < -0.4 is 4.74 Å². The predicted molar refractivity (Wildman–Crippen MR) is 66.2 cm³/mol. The van der Waals surface area contributed by atoms with Gasteiger partial charge in [0.2, 0.25) is 0 Å². The Kier molecular flexibility index (Phi) is 3.74. The van der Waals surface area contributed by atoms with Crippen LogP contribution in [-0.2, 0) is 6.42 Å². The smallest absolute Gasteiger partial charge is 0.168 e. The van der Waals surface area contributed by atoms with E-state index in [2.05, 4.69) is 6.92 Å². The maximum atomic E-state index is 12.1. The van der Waals surface area contributed by atoms with E-state index in [4.69, 9.17) is 4.74 Å². The van der Waals surface area contributed by atoms with Gasteiger partial charge in [-0.1, -0.05) is 39.8 Å². The largest absolute Gasteiger partial charge is 0.496 e. The highest BCUT2D eigenvalue weighted by molar-refractivity contribution is 6.00. The van der Waals surface area contributed by atoms with Crippen LogP contribution in [0, 0.1) is 5.41 Å². The van der Waals surface area contributed by atoms with Crippen molar-refractivity contribution < 1.29 is 9.53 Å². The second-order valence-corrected chi connectivity index (χ2v) is 4.96. The summed E-state index contributed by atoms with van der Waals surface area (Å²) in [5, 5.41) is 0. The van der Waals surface area contributed by atoms with Crippen molar-refractivity contribution in [2.24, 2.45) is 5.41 Å². The standard InChI is InChI=1S/C14H20O2/c1-6-10-7-8-11(9-12(10)16-5)13(15)14(2,3)4/h7-9H,6H2,1-5H3. The summed E-state index contributed by atoms with van der Waals surface area (Å²) < 4.78 is 5.29. The third-order valence-electron chi connectivity index (χ3n) is 2.61. The van der Waals surface area contributed by atoms with E-state index < -0.39 is 0 Å². The number of methoxy groups -OCH3 is 1. The zero-order valence-corrected chi connectivity index (χ0v) is 10.8. The van der Waals surface area contributed by atoms with Gasteiger partial charge in [0.1, 0.15) is 5.75 Å². The van der Waals surface area contributed by atoms with Crippen molar-refractivity contribution in [3.63, 3.8) is 0 Å². The normalized spacial score (nSPS) is 11.3. The molecule has 0 N–H and O–H groups in total. The van der Waals surface area contributed by atoms with Crippen LogP contribution in [0.1, 0.15) is 43.6 Å². The lowest BCUT2D eigenvalue weighted by Gasteiger charge is -2.17. The minimum Gasteiger partial charge on any atom is -0.496 e. The predicted octanol–water partition coefficient (Wildman–Crippen LogP) is 3.49. The molecule has 0 aliphatic rings. The van der Waals surface area contributed by atoms with Gasteiger partial charge in [0, 0.05) is 11.0 Å². The van der Waals surface area contributed by atoms with Crippen LogP contribution in [0.2, 0.25) is 0 Å². The number of hydrogen-bond acceptors (Lipinski definition) is 2. The molecule has 0 fully saturated rings. The molecule has 0 aliphatic heterocycles. The molecule has 88 valence electrons. The summed E-state index contributed by atoms with van der Waals surface area (Å²) in [4.78, 5) is 12.1. The first-order chi connectivity index (χ1) is 7.40. The molecule has 0 aromatic heterocycles. The highest BCUT2D eigenvalue weighted by atomic mass is 16.5. The molecule has 0 spiro atoms. The first-order valence-corrected chi connectivity index (χ1v) is 5.62. The summed E-state index contributed by atoms with van der Waals surface area (Å²) in [5.74, 6) is 0.950. The topological polar surface area (TPSA) is 26.3 Å². The number of carbonyl (C=O) groups is 1. The highest BCUT2D eigenvalue weighted by Crippen LogP contribution is 2.26. The van der Waals surface area contributed by atoms with Gasteiger partial charge in [0.25, 0.3) is 0 Å². The molecule has 0 saturated carbocycles. The maximum Gasteiger partial charge on any atom is 0.168 e. The van der Waals surface area contributed by atoms with Crippen LogP contribution in [0.4, 0.5) is 0 Å². The van der Waals surface area contributed by atoms with Crippen molar-refractivity contribution >= 4 is 5.78 Å². The van der Waals surface area contributed by atoms with Crippen LogP contribution in [0.3, 0.4) is 0 Å². The lowest BCUT2D eigenvalue weighted by atomic mass is 9.86. The minimum atomic E-state index is -0.348. The zero-order chi connectivity index (χ0) is 12.3. The van der Waals surface area contributed by atoms with Gasteiger partial charge in [-0.15, -0.1) is 0 Å². The molecule has 1 aromatic carbocycles. The van der Waals surface area contributed by atoms with Crippen LogP contribution in [0.5, 0.6) is 5.75 Å². The molecule has 0 heterocycles. The van der Waals surface area contributed by atoms with E-state index in [9.17, 15) is 4.79 Å². The second-order valence-electron chi connectivity index (χ2n) is 4.96. The van der Waals surface area contributed by atoms with Crippen LogP contribution in [0.15, 0.2) is 18.2 Å². The fraction of sp³-hybridized carbons (Fsp3) is 0.500. The second kappa shape index (κ2) is 4.69. The molecule has 2 heteroatoms. The summed E-state index contributed by atoms with van der Waals surface area (Å²) in [5.41, 5.74) is 1.51. The van der Waals surface area contributed by atoms with Gasteiger partial charge in [0.15, 0.2) is 5.78 Å². The molecule has 0 aliphatic carbocycles. The molecule has 0 bridgehead atoms. The van der Waals surface area contributed by atoms with E-state index in [0.29, 0.717) is 0 Å². The highest BCUT2D eigenvalue weighted by Gasteiger charge is 2.23. The average Bonchev–Trinajstić information content (AvgIpc) is 2.25. The lowest BCUT2D eigenvalue weighted by Crippen LogP contribution is -2.20. The van der Waals surface area contributed by atoms with Crippen LogP contribution in [0.25, 0.3) is 0 Å². The summed E-state index contributed by atoms with van der Waals surface area (Å²) >= 11 is 0. The van der Waals surface area contributed by atoms with Crippen LogP contribution in [-0.4, -0.2) is 12.9 Å². The average molecular weight is 220 g/mol. The van der Waals surface area contributed by atoms with Crippen LogP contribution >= 0.6 is 0 Å². The number of ketones is 1. The van der Waals surface area contributed by atoms with Gasteiger partial charge in [-0.3, -0.25) is 4.79 Å². The zero-order valence-electron chi connectivity index (χ0n) is 10.8. The van der Waals surface area contributed by atoms with Crippen molar-refractivity contribution in [2.45, 2.75) is 34.1 Å². The Balaban J connectivity index is 3.13. The number of benzene rings is 1. The van der Waals surface area contributed by atoms with Gasteiger partial charge >= 0.3 is 0 Å². The Bertz CT molecular complexity index is 386. The summed E-state index contributed by atoms with van der Waals surface area (Å²) in [6.45, 7) is 7.85. The van der Waals surface area contributed by atoms with Crippen molar-refractivity contribution in [1.29, 1.82) is 0 Å². The maximum absolute atomic E-state index is 12.1. The quantitative estimate of drug-likeness (QED) is 0.729. The molecule has 2 nitrogen and oxygen atoms in total. The fourth-order valence-electron chi connectivity index (χ4n) is 1.61. The Labute approximate surface area is 97.6 Å². The number of hydrogen-bond donors (Lipinski definition) is 0. The fourth-order valence-corrected chi connectivity index (χ4v) is 1.61. The Morgan fingerprint density at radius 1 is 1.31 bits per heavy atom. The SMILES string of the molecule is CCc1ccc(C(=O)C(C)(C)C)cc1OC. The molecular weight excluding hydrogens is 200 g/mol. The van der Waals surface area contributed by atoms with E-state index in [-0.39, 0.29) is 11.2 Å². The number of aryl methyl sites for hydroxylation is 1. The summed E-state index contributed by atoms with van der Waals surface area (Å²) in [6, 6.07) is 5.69. The van der Waals surface area contributed by atoms with Crippen molar-refractivity contribution in [2.75, 3.05) is 7.11 Å². The number of Topliss-reactive ketones (excluding diaryl/α,β-unsaturated/α-hetero) is 1. The van der Waals surface area contributed by atoms with E-state index >= 15 is 0 Å². The van der Waals surface area contributed by atoms with E-state index in [1.165, 1.54) is 0 Å². The summed E-state index contributed by atoms with van der Waals surface area (Å²) in [7, 11) is 1.64. The van der Waals surface area contributed by atoms with E-state index in [1.807, 2.05) is 39.0 Å². The first kappa shape index (κ1) is 12.8. The third-order valence-corrected chi connectivity index (χ3v) is 2.61. The van der Waals surface area contributed by atoms with Gasteiger partial charge in [-0.25, -0.2) is 0 Å². The summed E-state index contributed by atoms with van der Waals surface area (Å²) in [6.07, 6.45) is 0.910. The molecule has 16 heavy (non-hydrogen) atoms. The van der Waals surface area contributed by atoms with Gasteiger partial charge in [-0.05, 0) is 18.1 Å². The Morgan fingerprint density at radius 2 is 1.94 bits per heavy atom. The molecule has 1 rings (SSSR count). The first-order valence-electron chi connectivity index (χ1n) is 5.62. The van der Waals surface area contributed by atoms with Crippen molar-refractivity contribution in [1.82, 2.24) is 0 Å². The Hall–Kier alpha value is -1.31. The van der Waals surface area contributed by atoms with Gasteiger partial charge in [-0.2, -0.15) is 0 Å². The Morgan fingerprint density at radius 3 is 2.38 bits per heavy atom. The van der Waals surface area contributed by atoms with E-state index in [1.54, 1.807) is 7.11 Å². The van der Waals surface area contributed by atoms with Gasteiger partial charge in [0.05, 0.1) is 7.11 Å². The molecule has 0 atom stereocenters.